The highest BCUT2D eigenvalue weighted by atomic mass is 31.2. The molecule has 9 aromatic rings. The summed E-state index contributed by atoms with van der Waals surface area (Å²) in [6.07, 6.45) is 0. The van der Waals surface area contributed by atoms with Gasteiger partial charge in [0.1, 0.15) is 11.2 Å². The average molecular weight is 651 g/mol. The molecule has 49 heavy (non-hydrogen) atoms. The molecule has 0 N–H and O–H groups in total. The first-order valence-electron chi connectivity index (χ1n) is 16.3. The average Bonchev–Trinajstić information content (AvgIpc) is 3.55. The summed E-state index contributed by atoms with van der Waals surface area (Å²) >= 11 is 0. The van der Waals surface area contributed by atoms with Crippen LogP contribution in [0.5, 0.6) is 23.0 Å². The first kappa shape index (κ1) is 28.0. The van der Waals surface area contributed by atoms with Crippen molar-refractivity contribution >= 4 is 66.5 Å². The van der Waals surface area contributed by atoms with E-state index in [9.17, 15) is 4.57 Å². The highest BCUT2D eigenvalue weighted by Crippen LogP contribution is 2.53. The van der Waals surface area contributed by atoms with Gasteiger partial charge in [-0.2, -0.15) is 0 Å². The third kappa shape index (κ3) is 4.28. The molecule has 1 aliphatic heterocycles. The Morgan fingerprint density at radius 1 is 0.367 bits per heavy atom. The molecule has 4 nitrogen and oxygen atoms in total. The van der Waals surface area contributed by atoms with Crippen LogP contribution >= 0.6 is 7.14 Å². The van der Waals surface area contributed by atoms with E-state index in [2.05, 4.69) is 54.6 Å². The number of furan rings is 1. The maximum absolute atomic E-state index is 15.0. The molecule has 0 saturated heterocycles. The van der Waals surface area contributed by atoms with Gasteiger partial charge >= 0.3 is 0 Å². The van der Waals surface area contributed by atoms with E-state index < -0.39 is 7.14 Å². The van der Waals surface area contributed by atoms with Gasteiger partial charge in [-0.05, 0) is 64.4 Å². The zero-order chi connectivity index (χ0) is 32.5. The molecule has 2 heterocycles. The van der Waals surface area contributed by atoms with Crippen LogP contribution in [0.15, 0.2) is 168 Å². The van der Waals surface area contributed by atoms with Gasteiger partial charge in [-0.1, -0.05) is 121 Å². The van der Waals surface area contributed by atoms with Crippen molar-refractivity contribution in [2.24, 2.45) is 0 Å². The zero-order valence-electron chi connectivity index (χ0n) is 26.2. The van der Waals surface area contributed by atoms with Gasteiger partial charge in [0.25, 0.3) is 0 Å². The van der Waals surface area contributed by atoms with Crippen LogP contribution < -0.4 is 25.4 Å². The number of ether oxygens (including phenoxy) is 2. The van der Waals surface area contributed by atoms with Crippen molar-refractivity contribution in [3.05, 3.63) is 164 Å². The highest BCUT2D eigenvalue weighted by molar-refractivity contribution is 7.85. The lowest BCUT2D eigenvalue weighted by atomic mass is 9.99. The van der Waals surface area contributed by atoms with Gasteiger partial charge < -0.3 is 18.5 Å². The van der Waals surface area contributed by atoms with Crippen LogP contribution in [0, 0.1) is 0 Å². The predicted octanol–water partition coefficient (Wildman–Crippen LogP) is 11.1. The highest BCUT2D eigenvalue weighted by Gasteiger charge is 2.30. The third-order valence-corrected chi connectivity index (χ3v) is 12.7. The van der Waals surface area contributed by atoms with E-state index in [0.29, 0.717) is 17.1 Å². The zero-order valence-corrected chi connectivity index (χ0v) is 27.1. The molecular weight excluding hydrogens is 623 g/mol. The van der Waals surface area contributed by atoms with E-state index in [1.165, 1.54) is 0 Å². The molecule has 0 radical (unpaired) electrons. The van der Waals surface area contributed by atoms with Crippen LogP contribution in [0.1, 0.15) is 0 Å². The summed E-state index contributed by atoms with van der Waals surface area (Å²) in [6, 6.07) is 54.3. The van der Waals surface area contributed by atoms with E-state index in [1.54, 1.807) is 0 Å². The van der Waals surface area contributed by atoms with Crippen molar-refractivity contribution in [3.8, 4) is 34.1 Å². The largest absolute Gasteiger partial charge is 0.456 e. The molecule has 5 heteroatoms. The van der Waals surface area contributed by atoms with Gasteiger partial charge in [-0.25, -0.2) is 0 Å². The standard InChI is InChI=1S/C44H27O4P/c45-49(30-11-3-1-4-12-30,31-13-5-2-6-14-31)32-21-23-36-35-22-19-28(25-40(35)46-41(36)27-32)29-20-24-39-42(26-29)48-44-38-18-10-8-16-34(38)33-15-7-9-17-37(33)43(44)47-39/h1-27H. The normalized spacial score (nSPS) is 12.5. The third-order valence-electron chi connectivity index (χ3n) is 9.60. The van der Waals surface area contributed by atoms with Crippen LogP contribution in [0.25, 0.3) is 54.6 Å². The Hall–Kier alpha value is -6.09. The lowest BCUT2D eigenvalue weighted by Gasteiger charge is -2.24. The molecule has 8 aromatic carbocycles. The maximum Gasteiger partial charge on any atom is 0.178 e. The molecule has 0 atom stereocenters. The number of hydrogen-bond donors (Lipinski definition) is 0. The van der Waals surface area contributed by atoms with E-state index in [0.717, 1.165) is 76.4 Å². The summed E-state index contributed by atoms with van der Waals surface area (Å²) in [5, 5.41) is 8.61. The van der Waals surface area contributed by atoms with Crippen molar-refractivity contribution in [1.82, 2.24) is 0 Å². The summed E-state index contributed by atoms with van der Waals surface area (Å²) in [4.78, 5) is 0. The Bertz CT molecular complexity index is 2760. The molecule has 232 valence electrons. The monoisotopic (exact) mass is 650 g/mol. The number of hydrogen-bond acceptors (Lipinski definition) is 4. The topological polar surface area (TPSA) is 48.7 Å². The maximum atomic E-state index is 15.0. The Kier molecular flexibility index (Phi) is 6.12. The Morgan fingerprint density at radius 2 is 0.857 bits per heavy atom. The Balaban J connectivity index is 1.05. The molecule has 1 aliphatic rings. The first-order chi connectivity index (χ1) is 24.1. The minimum Gasteiger partial charge on any atom is -0.456 e. The molecule has 0 saturated carbocycles. The summed E-state index contributed by atoms with van der Waals surface area (Å²) in [6.45, 7) is 0. The number of rotatable bonds is 4. The summed E-state index contributed by atoms with van der Waals surface area (Å²) in [7, 11) is -3.13. The lowest BCUT2D eigenvalue weighted by Crippen LogP contribution is -2.24. The summed E-state index contributed by atoms with van der Waals surface area (Å²) in [5.74, 6) is 2.81. The van der Waals surface area contributed by atoms with Gasteiger partial charge in [0.05, 0.1) is 0 Å². The fraction of sp³-hybridized carbons (Fsp3) is 0. The van der Waals surface area contributed by atoms with Crippen molar-refractivity contribution in [1.29, 1.82) is 0 Å². The first-order valence-corrected chi connectivity index (χ1v) is 18.0. The second-order valence-corrected chi connectivity index (χ2v) is 15.2. The Labute approximate surface area is 282 Å². The molecule has 0 bridgehead atoms. The van der Waals surface area contributed by atoms with E-state index in [4.69, 9.17) is 13.9 Å². The number of fused-ring (bicyclic) bond motifs is 10. The lowest BCUT2D eigenvalue weighted by molar-refractivity contribution is 0.367. The van der Waals surface area contributed by atoms with E-state index in [1.807, 2.05) is 109 Å². The van der Waals surface area contributed by atoms with Gasteiger partial charge in [0.15, 0.2) is 30.1 Å². The van der Waals surface area contributed by atoms with Gasteiger partial charge in [0.2, 0.25) is 0 Å². The number of benzene rings is 8. The quantitative estimate of drug-likeness (QED) is 0.140. The van der Waals surface area contributed by atoms with Crippen molar-refractivity contribution in [2.45, 2.75) is 0 Å². The minimum atomic E-state index is -3.13. The van der Waals surface area contributed by atoms with Crippen LogP contribution in [-0.2, 0) is 4.57 Å². The Morgan fingerprint density at radius 3 is 1.49 bits per heavy atom. The smallest absolute Gasteiger partial charge is 0.178 e. The second-order valence-electron chi connectivity index (χ2n) is 12.4. The van der Waals surface area contributed by atoms with Gasteiger partial charge in [0, 0.05) is 37.5 Å². The molecule has 0 unspecified atom stereocenters. The molecule has 1 aromatic heterocycles. The SMILES string of the molecule is O=P(c1ccccc1)(c1ccccc1)c1ccc2c(c1)oc1cc(-c3ccc4c(c3)Oc3c(c5ccccc5c5ccccc35)O4)ccc12. The van der Waals surface area contributed by atoms with Crippen LogP contribution in [0.4, 0.5) is 0 Å². The van der Waals surface area contributed by atoms with Crippen LogP contribution in [0.3, 0.4) is 0 Å². The van der Waals surface area contributed by atoms with Crippen LogP contribution in [-0.4, -0.2) is 0 Å². The molecule has 0 amide bonds. The van der Waals surface area contributed by atoms with Crippen molar-refractivity contribution in [2.75, 3.05) is 0 Å². The van der Waals surface area contributed by atoms with Crippen LogP contribution in [0.2, 0.25) is 0 Å². The summed E-state index contributed by atoms with van der Waals surface area (Å²) in [5.41, 5.74) is 3.44. The molecular formula is C44H27O4P. The molecule has 0 spiro atoms. The van der Waals surface area contributed by atoms with Crippen molar-refractivity contribution in [3.63, 3.8) is 0 Å². The fourth-order valence-electron chi connectivity index (χ4n) is 7.22. The summed E-state index contributed by atoms with van der Waals surface area (Å²) < 4.78 is 34.7. The van der Waals surface area contributed by atoms with E-state index >= 15 is 0 Å². The molecule has 0 fully saturated rings. The fourth-order valence-corrected chi connectivity index (χ4v) is 9.88. The predicted molar refractivity (Wildman–Crippen MR) is 200 cm³/mol. The van der Waals surface area contributed by atoms with E-state index in [-0.39, 0.29) is 0 Å². The minimum absolute atomic E-state index is 0.664. The molecule has 10 rings (SSSR count). The van der Waals surface area contributed by atoms with Crippen molar-refractivity contribution < 1.29 is 18.5 Å². The second kappa shape index (κ2) is 10.7. The molecule has 0 aliphatic carbocycles. The van der Waals surface area contributed by atoms with Gasteiger partial charge in [-0.15, -0.1) is 0 Å². The van der Waals surface area contributed by atoms with Gasteiger partial charge in [-0.3, -0.25) is 0 Å².